The van der Waals surface area contributed by atoms with E-state index in [-0.39, 0.29) is 35.1 Å². The van der Waals surface area contributed by atoms with Crippen molar-refractivity contribution in [3.8, 4) is 11.4 Å². The first-order valence-corrected chi connectivity index (χ1v) is 29.3. The number of unbranched alkanes of at least 4 members (excludes halogenated alkanes) is 4. The lowest BCUT2D eigenvalue weighted by atomic mass is 9.81. The molecule has 2 aliphatic rings. The Balaban J connectivity index is 0.814. The van der Waals surface area contributed by atoms with Crippen molar-refractivity contribution in [2.24, 2.45) is 10.2 Å². The zero-order valence-electron chi connectivity index (χ0n) is 48.7. The third-order valence-electron chi connectivity index (χ3n) is 15.7. The first kappa shape index (κ1) is 59.1. The standard InChI is InChI=1S/C67H81N11O3/c1-8-10-22-49-35-41-53(42-36-49)73-74-54-43-37-50(38-44-54)23-20-32-62(79)68-45-18-17-26-57(65(81)69-47-51-33-39-52(40-34-51)64-75-71-48(3)72-76-64)70-63(80)31-12-11-19-46-78-59-28-16-14-25-56(59)67(6,7)61(78)30-21-29-60-66(4,5)55-24-13-15-27-58(55)77(60)9-2/h13-16,21,24-25,27-30,33-44,57H,8-12,17-20,22-23,26,31-32,45-47H2,1-7H3,(H2-,68,69,70,79,80,81)/p+1. The van der Waals surface area contributed by atoms with Crippen LogP contribution in [0.1, 0.15) is 146 Å². The van der Waals surface area contributed by atoms with Crippen molar-refractivity contribution in [2.75, 3.05) is 24.5 Å². The first-order chi connectivity index (χ1) is 39.2. The quantitative estimate of drug-likeness (QED) is 0.0248. The maximum absolute atomic E-state index is 13.8. The summed E-state index contributed by atoms with van der Waals surface area (Å²) in [5.74, 6) is 0.511. The lowest BCUT2D eigenvalue weighted by Crippen LogP contribution is -2.46. The SMILES string of the molecule is CCCCc1ccc(N=Nc2ccc(CCCC(=O)NCCCCC(NC(=O)CCCCC[N+]3=C(/C=C/C=C4/N(CC)c5ccccc5C4(C)C)C(C)(C)c4ccccc43)C(=O)NCc3ccc(-c4nnc(C)nn4)cc3)cc2)cc1. The average molecular weight is 1090 g/mol. The normalized spacial score (nSPS) is 15.1. The summed E-state index contributed by atoms with van der Waals surface area (Å²) in [6.07, 6.45) is 16.7. The van der Waals surface area contributed by atoms with Crippen molar-refractivity contribution in [3.05, 3.63) is 179 Å². The molecule has 1 aromatic heterocycles. The highest BCUT2D eigenvalue weighted by atomic mass is 16.2. The van der Waals surface area contributed by atoms with Crippen LogP contribution in [0.5, 0.6) is 0 Å². The molecule has 3 amide bonds. The second-order valence-electron chi connectivity index (χ2n) is 22.4. The summed E-state index contributed by atoms with van der Waals surface area (Å²) in [6.45, 7) is 17.9. The molecule has 422 valence electrons. The molecule has 0 radical (unpaired) electrons. The van der Waals surface area contributed by atoms with Crippen LogP contribution in [0, 0.1) is 6.92 Å². The van der Waals surface area contributed by atoms with Gasteiger partial charge in [0.05, 0.1) is 16.8 Å². The van der Waals surface area contributed by atoms with Gasteiger partial charge in [-0.15, -0.1) is 20.4 Å². The number of hydrogen-bond acceptors (Lipinski definition) is 10. The van der Waals surface area contributed by atoms with Gasteiger partial charge in [-0.25, -0.2) is 0 Å². The number of aryl methyl sites for hydroxylation is 3. The molecule has 2 aliphatic heterocycles. The van der Waals surface area contributed by atoms with Crippen LogP contribution in [-0.2, 0) is 44.6 Å². The number of nitrogens with zero attached hydrogens (tertiary/aromatic N) is 8. The molecule has 5 aromatic carbocycles. The third kappa shape index (κ3) is 15.7. The largest absolute Gasteiger partial charge is 0.356 e. The van der Waals surface area contributed by atoms with E-state index in [1.807, 2.05) is 60.7 Å². The van der Waals surface area contributed by atoms with Crippen LogP contribution in [-0.4, -0.2) is 74.1 Å². The second-order valence-corrected chi connectivity index (χ2v) is 22.4. The number of likely N-dealkylation sites (N-methyl/N-ethyl adjacent to an activating group) is 1. The van der Waals surface area contributed by atoms with E-state index in [4.69, 9.17) is 0 Å². The Kier molecular flexibility index (Phi) is 20.7. The number of carbonyl (C=O) groups excluding carboxylic acids is 3. The predicted molar refractivity (Wildman–Crippen MR) is 324 cm³/mol. The summed E-state index contributed by atoms with van der Waals surface area (Å²) < 4.78 is 2.46. The molecule has 0 bridgehead atoms. The van der Waals surface area contributed by atoms with E-state index in [1.165, 1.54) is 52.3 Å². The Bertz CT molecular complexity index is 3200. The van der Waals surface area contributed by atoms with Crippen LogP contribution >= 0.6 is 0 Å². The van der Waals surface area contributed by atoms with Gasteiger partial charge in [-0.2, -0.15) is 14.8 Å². The third-order valence-corrected chi connectivity index (χ3v) is 15.7. The van der Waals surface area contributed by atoms with Gasteiger partial charge in [0.1, 0.15) is 12.6 Å². The van der Waals surface area contributed by atoms with E-state index in [1.54, 1.807) is 6.92 Å². The maximum atomic E-state index is 13.8. The molecule has 1 unspecified atom stereocenters. The molecular weight excluding hydrogens is 1010 g/mol. The summed E-state index contributed by atoms with van der Waals surface area (Å²) in [4.78, 5) is 42.8. The molecule has 0 spiro atoms. The lowest BCUT2D eigenvalue weighted by Gasteiger charge is -2.25. The number of hydrogen-bond donors (Lipinski definition) is 3. The fourth-order valence-electron chi connectivity index (χ4n) is 11.0. The van der Waals surface area contributed by atoms with E-state index >= 15 is 0 Å². The minimum Gasteiger partial charge on any atom is -0.356 e. The Labute approximate surface area is 479 Å². The highest BCUT2D eigenvalue weighted by molar-refractivity contribution is 6.03. The number of carbonyl (C=O) groups is 3. The summed E-state index contributed by atoms with van der Waals surface area (Å²) in [5.41, 5.74) is 13.1. The number of aromatic nitrogens is 4. The molecule has 0 fully saturated rings. The molecule has 6 aromatic rings. The van der Waals surface area contributed by atoms with Gasteiger partial charge in [-0.1, -0.05) is 118 Å². The van der Waals surface area contributed by atoms with Gasteiger partial charge in [0.25, 0.3) is 0 Å². The minimum atomic E-state index is -0.726. The fraction of sp³-hybridized carbons (Fsp3) is 0.403. The van der Waals surface area contributed by atoms with Gasteiger partial charge in [0, 0.05) is 79.0 Å². The molecule has 0 saturated heterocycles. The molecule has 3 heterocycles. The second kappa shape index (κ2) is 28.4. The molecular formula is C67H82N11O3+. The number of amides is 3. The van der Waals surface area contributed by atoms with E-state index in [0.717, 1.165) is 73.3 Å². The van der Waals surface area contributed by atoms with Gasteiger partial charge in [0.15, 0.2) is 11.5 Å². The number of nitrogens with one attached hydrogen (secondary N) is 3. The molecule has 14 heteroatoms. The summed E-state index contributed by atoms with van der Waals surface area (Å²) in [6, 6.07) is 40.5. The zero-order chi connectivity index (χ0) is 57.2. The molecule has 0 aliphatic carbocycles. The zero-order valence-corrected chi connectivity index (χ0v) is 48.7. The van der Waals surface area contributed by atoms with Crippen LogP contribution in [0.25, 0.3) is 11.4 Å². The first-order valence-electron chi connectivity index (χ1n) is 29.3. The topological polar surface area (TPSA) is 170 Å². The smallest absolute Gasteiger partial charge is 0.242 e. The van der Waals surface area contributed by atoms with E-state index in [0.29, 0.717) is 56.7 Å². The number of anilines is 1. The number of fused-ring (bicyclic) bond motifs is 2. The molecule has 81 heavy (non-hydrogen) atoms. The van der Waals surface area contributed by atoms with Crippen molar-refractivity contribution < 1.29 is 19.0 Å². The Morgan fingerprint density at radius 3 is 1.95 bits per heavy atom. The minimum absolute atomic E-state index is 0.00407. The molecule has 1 atom stereocenters. The Morgan fingerprint density at radius 2 is 1.27 bits per heavy atom. The highest BCUT2D eigenvalue weighted by Gasteiger charge is 2.44. The number of rotatable bonds is 28. The number of allylic oxidation sites excluding steroid dienone is 4. The summed E-state index contributed by atoms with van der Waals surface area (Å²) >= 11 is 0. The number of benzene rings is 5. The van der Waals surface area contributed by atoms with Crippen LogP contribution in [0.3, 0.4) is 0 Å². The van der Waals surface area contributed by atoms with Gasteiger partial charge in [0.2, 0.25) is 29.2 Å². The fourth-order valence-corrected chi connectivity index (χ4v) is 11.0. The van der Waals surface area contributed by atoms with E-state index in [2.05, 4.69) is 176 Å². The van der Waals surface area contributed by atoms with Crippen LogP contribution in [0.2, 0.25) is 0 Å². The molecule has 14 nitrogen and oxygen atoms in total. The van der Waals surface area contributed by atoms with Gasteiger partial charge < -0.3 is 20.9 Å². The van der Waals surface area contributed by atoms with Crippen LogP contribution in [0.4, 0.5) is 22.7 Å². The molecule has 8 rings (SSSR count). The number of para-hydroxylation sites is 2. The number of azo groups is 1. The van der Waals surface area contributed by atoms with Crippen LogP contribution in [0.15, 0.2) is 155 Å². The average Bonchev–Trinajstić information content (AvgIpc) is 4.09. The van der Waals surface area contributed by atoms with Gasteiger partial charge in [-0.3, -0.25) is 14.4 Å². The highest BCUT2D eigenvalue weighted by Crippen LogP contribution is 2.47. The Morgan fingerprint density at radius 1 is 0.642 bits per heavy atom. The molecule has 0 saturated carbocycles. The predicted octanol–water partition coefficient (Wildman–Crippen LogP) is 13.3. The summed E-state index contributed by atoms with van der Waals surface area (Å²) in [7, 11) is 0. The van der Waals surface area contributed by atoms with Crippen molar-refractivity contribution in [1.29, 1.82) is 0 Å². The maximum Gasteiger partial charge on any atom is 0.242 e. The van der Waals surface area contributed by atoms with Crippen molar-refractivity contribution in [1.82, 2.24) is 36.3 Å². The van der Waals surface area contributed by atoms with E-state index < -0.39 is 6.04 Å². The van der Waals surface area contributed by atoms with Crippen LogP contribution < -0.4 is 20.9 Å². The van der Waals surface area contributed by atoms with Gasteiger partial charge in [-0.05, 0) is 144 Å². The van der Waals surface area contributed by atoms with Gasteiger partial charge >= 0.3 is 0 Å². The lowest BCUT2D eigenvalue weighted by molar-refractivity contribution is -0.438. The van der Waals surface area contributed by atoms with Crippen molar-refractivity contribution >= 4 is 46.2 Å². The van der Waals surface area contributed by atoms with E-state index in [9.17, 15) is 14.4 Å². The Hall–Kier alpha value is -8.00. The summed E-state index contributed by atoms with van der Waals surface area (Å²) in [5, 5.41) is 34.3. The molecule has 3 N–H and O–H groups in total. The monoisotopic (exact) mass is 1090 g/mol. The van der Waals surface area contributed by atoms with Crippen molar-refractivity contribution in [2.45, 2.75) is 155 Å². The van der Waals surface area contributed by atoms with Crippen molar-refractivity contribution in [3.63, 3.8) is 0 Å².